The molecule has 0 fully saturated rings. The van der Waals surface area contributed by atoms with Gasteiger partial charge in [0.25, 0.3) is 5.91 Å². The molecule has 1 aromatic heterocycles. The van der Waals surface area contributed by atoms with Gasteiger partial charge in [-0.1, -0.05) is 11.6 Å². The Morgan fingerprint density at radius 2 is 2.20 bits per heavy atom. The Balaban J connectivity index is 2.98. The Morgan fingerprint density at radius 3 is 2.75 bits per heavy atom. The predicted molar refractivity (Wildman–Crippen MR) is 81.3 cm³/mol. The quantitative estimate of drug-likeness (QED) is 0.759. The van der Waals surface area contributed by atoms with E-state index in [1.54, 1.807) is 17.0 Å². The number of amides is 1. The summed E-state index contributed by atoms with van der Waals surface area (Å²) in [6.45, 7) is 7.14. The van der Waals surface area contributed by atoms with Crippen LogP contribution in [-0.2, 0) is 0 Å². The third kappa shape index (κ3) is 4.65. The molecule has 0 aliphatic heterocycles. The van der Waals surface area contributed by atoms with Crippen molar-refractivity contribution >= 4 is 23.3 Å². The molecule has 2 N–H and O–H groups in total. The second-order valence-corrected chi connectivity index (χ2v) is 5.15. The van der Waals surface area contributed by atoms with Gasteiger partial charge in [0.2, 0.25) is 0 Å². The van der Waals surface area contributed by atoms with E-state index < -0.39 is 0 Å². The molecule has 6 heteroatoms. The summed E-state index contributed by atoms with van der Waals surface area (Å²) in [7, 11) is 0. The number of halogens is 1. The highest BCUT2D eigenvalue weighted by Crippen LogP contribution is 2.17. The Labute approximate surface area is 125 Å². The van der Waals surface area contributed by atoms with E-state index in [1.165, 1.54) is 0 Å². The van der Waals surface area contributed by atoms with Crippen LogP contribution in [0, 0.1) is 0 Å². The fourth-order valence-electron chi connectivity index (χ4n) is 1.89. The summed E-state index contributed by atoms with van der Waals surface area (Å²) in [6.07, 6.45) is 0.558. The average molecular weight is 300 g/mol. The van der Waals surface area contributed by atoms with Crippen LogP contribution in [0.3, 0.4) is 0 Å². The fourth-order valence-corrected chi connectivity index (χ4v) is 2.10. The van der Waals surface area contributed by atoms with Crippen molar-refractivity contribution in [1.29, 1.82) is 0 Å². The van der Waals surface area contributed by atoms with Crippen LogP contribution in [0.5, 0.6) is 0 Å². The minimum Gasteiger partial charge on any atom is -0.396 e. The van der Waals surface area contributed by atoms with E-state index in [9.17, 15) is 4.79 Å². The zero-order valence-corrected chi connectivity index (χ0v) is 12.9. The first kappa shape index (κ1) is 16.7. The monoisotopic (exact) mass is 299 g/mol. The summed E-state index contributed by atoms with van der Waals surface area (Å²) >= 11 is 5.96. The molecule has 1 rings (SSSR count). The van der Waals surface area contributed by atoms with E-state index in [4.69, 9.17) is 16.7 Å². The van der Waals surface area contributed by atoms with Gasteiger partial charge in [-0.3, -0.25) is 4.79 Å². The van der Waals surface area contributed by atoms with Crippen LogP contribution < -0.4 is 5.32 Å². The van der Waals surface area contributed by atoms with E-state index in [-0.39, 0.29) is 23.7 Å². The van der Waals surface area contributed by atoms with E-state index in [1.807, 2.05) is 20.8 Å². The van der Waals surface area contributed by atoms with Crippen LogP contribution in [0.2, 0.25) is 5.15 Å². The molecule has 0 saturated heterocycles. The molecule has 0 spiro atoms. The minimum absolute atomic E-state index is 0.0589. The van der Waals surface area contributed by atoms with Gasteiger partial charge in [-0.05, 0) is 39.3 Å². The van der Waals surface area contributed by atoms with Crippen molar-refractivity contribution in [3.63, 3.8) is 0 Å². The normalized spacial score (nSPS) is 10.7. The van der Waals surface area contributed by atoms with Gasteiger partial charge in [-0.15, -0.1) is 0 Å². The third-order valence-electron chi connectivity index (χ3n) is 2.84. The molecule has 0 saturated carbocycles. The van der Waals surface area contributed by atoms with E-state index in [2.05, 4.69) is 10.3 Å². The maximum atomic E-state index is 12.5. The summed E-state index contributed by atoms with van der Waals surface area (Å²) in [5, 5.41) is 12.3. The van der Waals surface area contributed by atoms with Crippen LogP contribution in [0.15, 0.2) is 12.1 Å². The molecule has 1 amide bonds. The van der Waals surface area contributed by atoms with Gasteiger partial charge in [-0.25, -0.2) is 4.98 Å². The standard InChI is InChI=1S/C14H22ClN3O2/c1-4-16-13-9-11(8-12(15)17-13)14(20)18(10(2)3)6-5-7-19/h8-10,19H,4-7H2,1-3H3,(H,16,17). The third-order valence-corrected chi connectivity index (χ3v) is 3.03. The van der Waals surface area contributed by atoms with Crippen molar-refractivity contribution in [3.8, 4) is 0 Å². The number of carbonyl (C=O) groups is 1. The van der Waals surface area contributed by atoms with Crippen molar-refractivity contribution in [3.05, 3.63) is 22.8 Å². The summed E-state index contributed by atoms with van der Waals surface area (Å²) in [5.41, 5.74) is 0.507. The number of nitrogens with one attached hydrogen (secondary N) is 1. The van der Waals surface area contributed by atoms with Crippen LogP contribution >= 0.6 is 11.6 Å². The molecule has 0 radical (unpaired) electrons. The van der Waals surface area contributed by atoms with Crippen molar-refractivity contribution < 1.29 is 9.90 Å². The van der Waals surface area contributed by atoms with Gasteiger partial charge < -0.3 is 15.3 Å². The highest BCUT2D eigenvalue weighted by atomic mass is 35.5. The number of pyridine rings is 1. The average Bonchev–Trinajstić information content (AvgIpc) is 2.38. The molecule has 0 aromatic carbocycles. The van der Waals surface area contributed by atoms with Crippen LogP contribution in [-0.4, -0.2) is 46.6 Å². The molecule has 0 atom stereocenters. The molecular weight excluding hydrogens is 278 g/mol. The number of rotatable bonds is 7. The van der Waals surface area contributed by atoms with Crippen molar-refractivity contribution in [2.75, 3.05) is 25.0 Å². The topological polar surface area (TPSA) is 65.5 Å². The Morgan fingerprint density at radius 1 is 1.50 bits per heavy atom. The van der Waals surface area contributed by atoms with E-state index >= 15 is 0 Å². The van der Waals surface area contributed by atoms with Gasteiger partial charge in [0.1, 0.15) is 11.0 Å². The second kappa shape index (κ2) is 8.07. The van der Waals surface area contributed by atoms with Gasteiger partial charge in [-0.2, -0.15) is 0 Å². The zero-order chi connectivity index (χ0) is 15.1. The lowest BCUT2D eigenvalue weighted by atomic mass is 10.2. The summed E-state index contributed by atoms with van der Waals surface area (Å²) < 4.78 is 0. The minimum atomic E-state index is -0.100. The predicted octanol–water partition coefficient (Wildman–Crippen LogP) is 2.40. The molecule has 112 valence electrons. The van der Waals surface area contributed by atoms with Gasteiger partial charge in [0.05, 0.1) is 0 Å². The molecule has 0 unspecified atom stereocenters. The van der Waals surface area contributed by atoms with Crippen LogP contribution in [0.1, 0.15) is 37.6 Å². The van der Waals surface area contributed by atoms with Crippen molar-refractivity contribution in [2.24, 2.45) is 0 Å². The number of nitrogens with zero attached hydrogens (tertiary/aromatic N) is 2. The van der Waals surface area contributed by atoms with Crippen LogP contribution in [0.25, 0.3) is 0 Å². The largest absolute Gasteiger partial charge is 0.396 e. The smallest absolute Gasteiger partial charge is 0.254 e. The molecule has 1 aromatic rings. The molecular formula is C14H22ClN3O2. The number of hydrogen-bond acceptors (Lipinski definition) is 4. The molecule has 20 heavy (non-hydrogen) atoms. The van der Waals surface area contributed by atoms with Gasteiger partial charge in [0, 0.05) is 31.3 Å². The number of aliphatic hydroxyl groups excluding tert-OH is 1. The zero-order valence-electron chi connectivity index (χ0n) is 12.2. The highest BCUT2D eigenvalue weighted by Gasteiger charge is 2.19. The Bertz CT molecular complexity index is 452. The number of hydrogen-bond donors (Lipinski definition) is 2. The fraction of sp³-hybridized carbons (Fsp3) is 0.571. The summed E-state index contributed by atoms with van der Waals surface area (Å²) in [6, 6.07) is 3.33. The van der Waals surface area contributed by atoms with E-state index in [0.717, 1.165) is 0 Å². The molecule has 0 aliphatic rings. The van der Waals surface area contributed by atoms with Gasteiger partial charge in [0.15, 0.2) is 0 Å². The molecule has 1 heterocycles. The maximum absolute atomic E-state index is 12.5. The lowest BCUT2D eigenvalue weighted by molar-refractivity contribution is 0.0693. The number of aromatic nitrogens is 1. The van der Waals surface area contributed by atoms with E-state index in [0.29, 0.717) is 30.9 Å². The maximum Gasteiger partial charge on any atom is 0.254 e. The Kier molecular flexibility index (Phi) is 6.75. The SMILES string of the molecule is CCNc1cc(C(=O)N(CCCO)C(C)C)cc(Cl)n1. The molecule has 0 bridgehead atoms. The van der Waals surface area contributed by atoms with Gasteiger partial charge >= 0.3 is 0 Å². The lowest BCUT2D eigenvalue weighted by Gasteiger charge is -2.26. The highest BCUT2D eigenvalue weighted by molar-refractivity contribution is 6.29. The lowest BCUT2D eigenvalue weighted by Crippen LogP contribution is -2.38. The number of aliphatic hydroxyl groups is 1. The van der Waals surface area contributed by atoms with Crippen molar-refractivity contribution in [2.45, 2.75) is 33.2 Å². The summed E-state index contributed by atoms with van der Waals surface area (Å²) in [4.78, 5) is 18.4. The first-order valence-electron chi connectivity index (χ1n) is 6.82. The summed E-state index contributed by atoms with van der Waals surface area (Å²) in [5.74, 6) is 0.492. The number of carbonyl (C=O) groups excluding carboxylic acids is 1. The molecule has 0 aliphatic carbocycles. The first-order valence-corrected chi connectivity index (χ1v) is 7.20. The molecule has 5 nitrogen and oxygen atoms in total. The Hall–Kier alpha value is -1.33. The first-order chi connectivity index (χ1) is 9.49. The van der Waals surface area contributed by atoms with Crippen LogP contribution in [0.4, 0.5) is 5.82 Å². The number of anilines is 1. The van der Waals surface area contributed by atoms with Crippen molar-refractivity contribution in [1.82, 2.24) is 9.88 Å². The second-order valence-electron chi connectivity index (χ2n) is 4.76.